The van der Waals surface area contributed by atoms with Crippen LogP contribution in [0, 0.1) is 5.41 Å². The minimum atomic E-state index is -1.16. The number of ether oxygens (including phenoxy) is 4. The second kappa shape index (κ2) is 2.69. The normalized spacial score (nSPS) is 45.4. The standard InChI is InChI=1S/C8H12O7/c9-1-6(2-10,3-11)4-12-7-5-8(13-5,14-7)15-7/h5,9-11H,1-4H2. The summed E-state index contributed by atoms with van der Waals surface area (Å²) in [6.45, 7) is -1.21. The van der Waals surface area contributed by atoms with Crippen molar-refractivity contribution in [2.75, 3.05) is 26.4 Å². The second-order valence-electron chi connectivity index (χ2n) is 4.17. The SMILES string of the molecule is OCC(CO)(CO)COC12OC3(OC13)O2. The summed E-state index contributed by atoms with van der Waals surface area (Å²) in [4.78, 5) is 0. The molecule has 4 heterocycles. The van der Waals surface area contributed by atoms with E-state index in [1.54, 1.807) is 0 Å². The van der Waals surface area contributed by atoms with Crippen molar-refractivity contribution < 1.29 is 34.3 Å². The van der Waals surface area contributed by atoms with Crippen LogP contribution in [-0.4, -0.2) is 59.8 Å². The summed E-state index contributed by atoms with van der Waals surface area (Å²) in [5, 5.41) is 27.1. The van der Waals surface area contributed by atoms with Crippen LogP contribution < -0.4 is 0 Å². The molecule has 4 saturated heterocycles. The maximum absolute atomic E-state index is 9.04. The third kappa shape index (κ3) is 1.03. The van der Waals surface area contributed by atoms with Crippen molar-refractivity contribution in [2.45, 2.75) is 18.1 Å². The van der Waals surface area contributed by atoms with Crippen LogP contribution in [0.5, 0.6) is 0 Å². The zero-order valence-electron chi connectivity index (χ0n) is 7.88. The van der Waals surface area contributed by atoms with E-state index in [1.807, 2.05) is 0 Å². The van der Waals surface area contributed by atoms with E-state index in [0.29, 0.717) is 0 Å². The molecule has 2 bridgehead atoms. The summed E-state index contributed by atoms with van der Waals surface area (Å²) in [5.41, 5.74) is -1.08. The lowest BCUT2D eigenvalue weighted by Gasteiger charge is -2.52. The van der Waals surface area contributed by atoms with Gasteiger partial charge < -0.3 is 24.8 Å². The molecule has 86 valence electrons. The van der Waals surface area contributed by atoms with Gasteiger partial charge in [-0.25, -0.2) is 0 Å². The van der Waals surface area contributed by atoms with Crippen molar-refractivity contribution in [3.05, 3.63) is 0 Å². The van der Waals surface area contributed by atoms with Gasteiger partial charge in [-0.1, -0.05) is 0 Å². The smallest absolute Gasteiger partial charge is 0.328 e. The minimum Gasteiger partial charge on any atom is -0.396 e. The van der Waals surface area contributed by atoms with Gasteiger partial charge in [0, 0.05) is 0 Å². The average molecular weight is 220 g/mol. The molecule has 0 saturated carbocycles. The molecule has 0 amide bonds. The molecule has 0 aromatic rings. The first-order valence-electron chi connectivity index (χ1n) is 4.69. The molecular formula is C8H12O7. The summed E-state index contributed by atoms with van der Waals surface area (Å²) in [6, 6.07) is 0. The van der Waals surface area contributed by atoms with Crippen LogP contribution in [0.25, 0.3) is 0 Å². The predicted octanol–water partition coefficient (Wildman–Crippen LogP) is -2.27. The molecule has 0 aliphatic carbocycles. The summed E-state index contributed by atoms with van der Waals surface area (Å²) >= 11 is 0. The van der Waals surface area contributed by atoms with E-state index >= 15 is 0 Å². The van der Waals surface area contributed by atoms with Gasteiger partial charge in [0.25, 0.3) is 0 Å². The molecule has 0 aromatic heterocycles. The van der Waals surface area contributed by atoms with E-state index in [2.05, 4.69) is 0 Å². The minimum absolute atomic E-state index is 0.0631. The molecule has 4 aliphatic heterocycles. The zero-order valence-corrected chi connectivity index (χ0v) is 7.88. The van der Waals surface area contributed by atoms with E-state index in [4.69, 9.17) is 34.3 Å². The van der Waals surface area contributed by atoms with Crippen molar-refractivity contribution in [3.63, 3.8) is 0 Å². The maximum Gasteiger partial charge on any atom is 0.328 e. The quantitative estimate of drug-likeness (QED) is 0.434. The Morgan fingerprint density at radius 3 is 2.07 bits per heavy atom. The molecule has 1 unspecified atom stereocenters. The number of hydrogen-bond acceptors (Lipinski definition) is 7. The molecule has 15 heavy (non-hydrogen) atoms. The van der Waals surface area contributed by atoms with E-state index in [1.165, 1.54) is 0 Å². The van der Waals surface area contributed by atoms with Gasteiger partial charge in [-0.2, -0.15) is 0 Å². The number of aliphatic hydroxyl groups is 3. The Kier molecular flexibility index (Phi) is 1.78. The molecule has 4 fully saturated rings. The van der Waals surface area contributed by atoms with E-state index < -0.39 is 17.4 Å². The Balaban J connectivity index is 1.56. The highest BCUT2D eigenvalue weighted by atomic mass is 17.2. The van der Waals surface area contributed by atoms with Crippen LogP contribution in [0.2, 0.25) is 0 Å². The van der Waals surface area contributed by atoms with Crippen LogP contribution in [0.3, 0.4) is 0 Å². The Morgan fingerprint density at radius 1 is 1.13 bits per heavy atom. The lowest BCUT2D eigenvalue weighted by atomic mass is 9.92. The van der Waals surface area contributed by atoms with Gasteiger partial charge in [-0.05, 0) is 0 Å². The van der Waals surface area contributed by atoms with Gasteiger partial charge in [0.05, 0.1) is 31.8 Å². The highest BCUT2D eigenvalue weighted by Crippen LogP contribution is 2.72. The van der Waals surface area contributed by atoms with Gasteiger partial charge in [0.1, 0.15) is 0 Å². The number of rotatable bonds is 6. The van der Waals surface area contributed by atoms with Gasteiger partial charge in [0.2, 0.25) is 6.10 Å². The van der Waals surface area contributed by atoms with Gasteiger partial charge in [0.15, 0.2) is 0 Å². The second-order valence-corrected chi connectivity index (χ2v) is 4.17. The molecule has 1 spiro atoms. The monoisotopic (exact) mass is 220 g/mol. The van der Waals surface area contributed by atoms with Crippen molar-refractivity contribution in [1.82, 2.24) is 0 Å². The number of epoxide rings is 1. The first kappa shape index (κ1) is 9.91. The van der Waals surface area contributed by atoms with E-state index in [0.717, 1.165) is 0 Å². The predicted molar refractivity (Wildman–Crippen MR) is 42.1 cm³/mol. The van der Waals surface area contributed by atoms with Crippen LogP contribution in [0.4, 0.5) is 0 Å². The van der Waals surface area contributed by atoms with Crippen LogP contribution in [0.15, 0.2) is 0 Å². The zero-order chi connectivity index (χ0) is 10.7. The molecule has 1 atom stereocenters. The highest BCUT2D eigenvalue weighted by Gasteiger charge is 2.98. The van der Waals surface area contributed by atoms with Crippen molar-refractivity contribution in [1.29, 1.82) is 0 Å². The molecule has 7 heteroatoms. The van der Waals surface area contributed by atoms with E-state index in [9.17, 15) is 0 Å². The summed E-state index contributed by atoms with van der Waals surface area (Å²) in [6.07, 6.45) is -0.196. The first-order chi connectivity index (χ1) is 7.14. The largest absolute Gasteiger partial charge is 0.396 e. The fourth-order valence-corrected chi connectivity index (χ4v) is 1.64. The first-order valence-corrected chi connectivity index (χ1v) is 4.69. The molecule has 4 rings (SSSR count). The van der Waals surface area contributed by atoms with Crippen LogP contribution >= 0.6 is 0 Å². The maximum atomic E-state index is 9.04. The van der Waals surface area contributed by atoms with E-state index in [-0.39, 0.29) is 32.5 Å². The average Bonchev–Trinajstić information content (AvgIpc) is 2.75. The molecule has 3 N–H and O–H groups in total. The molecule has 0 radical (unpaired) electrons. The lowest BCUT2D eigenvalue weighted by molar-refractivity contribution is -0.631. The molecule has 7 nitrogen and oxygen atoms in total. The third-order valence-electron chi connectivity index (χ3n) is 3.02. The Labute approximate surface area is 85.1 Å². The van der Waals surface area contributed by atoms with Gasteiger partial charge in [-0.15, -0.1) is 0 Å². The summed E-state index contributed by atoms with van der Waals surface area (Å²) in [5.74, 6) is -2.01. The third-order valence-corrected chi connectivity index (χ3v) is 3.02. The molecular weight excluding hydrogens is 208 g/mol. The lowest BCUT2D eigenvalue weighted by Crippen LogP contribution is -2.75. The fourth-order valence-electron chi connectivity index (χ4n) is 1.64. The van der Waals surface area contributed by atoms with Gasteiger partial charge >= 0.3 is 11.9 Å². The molecule has 0 aromatic carbocycles. The number of hydrogen-bond donors (Lipinski definition) is 3. The van der Waals surface area contributed by atoms with Crippen molar-refractivity contribution in [2.24, 2.45) is 5.41 Å². The summed E-state index contributed by atoms with van der Waals surface area (Å²) in [7, 11) is 0. The fraction of sp³-hybridized carbons (Fsp3) is 1.00. The van der Waals surface area contributed by atoms with Crippen molar-refractivity contribution >= 4 is 0 Å². The summed E-state index contributed by atoms with van der Waals surface area (Å²) < 4.78 is 20.5. The topological polar surface area (TPSA) is 101 Å². The molecule has 4 aliphatic rings. The highest BCUT2D eigenvalue weighted by molar-refractivity contribution is 5.15. The van der Waals surface area contributed by atoms with Crippen LogP contribution in [0.1, 0.15) is 0 Å². The Hall–Kier alpha value is -0.280. The Morgan fingerprint density at radius 2 is 1.73 bits per heavy atom. The Bertz CT molecular complexity index is 272. The van der Waals surface area contributed by atoms with Gasteiger partial charge in [-0.3, -0.25) is 9.47 Å². The van der Waals surface area contributed by atoms with Crippen LogP contribution in [-0.2, 0) is 18.9 Å². The van der Waals surface area contributed by atoms with Crippen molar-refractivity contribution in [3.8, 4) is 0 Å². The number of aliphatic hydroxyl groups excluding tert-OH is 3.